The number of likely N-dealkylation sites (N-methyl/N-ethyl adjacent to an activating group) is 1. The molecule has 4 nitrogen and oxygen atoms in total. The first-order chi connectivity index (χ1) is 9.97. The van der Waals surface area contributed by atoms with E-state index in [0.29, 0.717) is 18.7 Å². The van der Waals surface area contributed by atoms with Crippen molar-refractivity contribution >= 4 is 22.6 Å². The smallest absolute Gasteiger partial charge is 0.242 e. The van der Waals surface area contributed by atoms with E-state index in [-0.39, 0.29) is 18.2 Å². The molecule has 0 N–H and O–H groups in total. The van der Waals surface area contributed by atoms with Crippen molar-refractivity contribution < 1.29 is 9.59 Å². The van der Waals surface area contributed by atoms with Crippen LogP contribution in [-0.2, 0) is 11.3 Å². The topological polar surface area (TPSA) is 42.3 Å². The minimum atomic E-state index is 0.0274. The molecule has 112 valence electrons. The van der Waals surface area contributed by atoms with Crippen LogP contribution in [-0.4, -0.2) is 34.2 Å². The van der Waals surface area contributed by atoms with Gasteiger partial charge in [-0.1, -0.05) is 11.6 Å². The zero-order valence-corrected chi connectivity index (χ0v) is 13.1. The van der Waals surface area contributed by atoms with E-state index in [1.165, 1.54) is 0 Å². The maximum absolute atomic E-state index is 12.3. The van der Waals surface area contributed by atoms with E-state index in [4.69, 9.17) is 0 Å². The average Bonchev–Trinajstić information content (AvgIpc) is 2.78. The Morgan fingerprint density at radius 3 is 2.43 bits per heavy atom. The Morgan fingerprint density at radius 2 is 1.86 bits per heavy atom. The van der Waals surface area contributed by atoms with Crippen LogP contribution in [0.4, 0.5) is 0 Å². The van der Waals surface area contributed by atoms with Crippen LogP contribution in [0.25, 0.3) is 10.9 Å². The van der Waals surface area contributed by atoms with Gasteiger partial charge in [0.2, 0.25) is 5.91 Å². The Balaban J connectivity index is 2.45. The molecule has 0 bridgehead atoms. The molecule has 0 unspecified atom stereocenters. The number of carbonyl (C=O) groups excluding carboxylic acids is 2. The number of hydrogen-bond acceptors (Lipinski definition) is 2. The number of rotatable bonds is 5. The molecule has 0 fully saturated rings. The van der Waals surface area contributed by atoms with Crippen molar-refractivity contribution in [3.63, 3.8) is 0 Å². The third kappa shape index (κ3) is 2.99. The number of aromatic nitrogens is 1. The van der Waals surface area contributed by atoms with Gasteiger partial charge in [-0.05, 0) is 39.8 Å². The van der Waals surface area contributed by atoms with Crippen LogP contribution >= 0.6 is 0 Å². The predicted octanol–water partition coefficient (Wildman–Crippen LogP) is 3.02. The highest BCUT2D eigenvalue weighted by atomic mass is 16.2. The summed E-state index contributed by atoms with van der Waals surface area (Å²) in [7, 11) is 0. The molecule has 0 saturated heterocycles. The second-order valence-electron chi connectivity index (χ2n) is 5.31. The Morgan fingerprint density at radius 1 is 1.19 bits per heavy atom. The van der Waals surface area contributed by atoms with Crippen molar-refractivity contribution in [3.8, 4) is 0 Å². The van der Waals surface area contributed by atoms with Crippen LogP contribution in [0.1, 0.15) is 36.7 Å². The highest BCUT2D eigenvalue weighted by molar-refractivity contribution is 6.07. The molecule has 4 heteroatoms. The minimum absolute atomic E-state index is 0.0274. The molecule has 1 amide bonds. The van der Waals surface area contributed by atoms with E-state index in [1.807, 2.05) is 43.5 Å². The predicted molar refractivity (Wildman–Crippen MR) is 84.6 cm³/mol. The van der Waals surface area contributed by atoms with Crippen molar-refractivity contribution in [1.29, 1.82) is 0 Å². The molecular weight excluding hydrogens is 264 g/mol. The van der Waals surface area contributed by atoms with Gasteiger partial charge in [0.1, 0.15) is 6.54 Å². The van der Waals surface area contributed by atoms with Gasteiger partial charge in [-0.15, -0.1) is 0 Å². The number of benzene rings is 1. The first kappa shape index (κ1) is 15.3. The summed E-state index contributed by atoms with van der Waals surface area (Å²) < 4.78 is 1.88. The van der Waals surface area contributed by atoms with Crippen LogP contribution in [0.2, 0.25) is 0 Å². The molecule has 0 saturated carbocycles. The zero-order valence-electron chi connectivity index (χ0n) is 13.1. The normalized spacial score (nSPS) is 10.9. The van der Waals surface area contributed by atoms with Crippen LogP contribution in [0.5, 0.6) is 0 Å². The first-order valence-electron chi connectivity index (χ1n) is 7.36. The molecule has 0 aliphatic carbocycles. The number of nitrogens with zero attached hydrogens (tertiary/aromatic N) is 2. The molecule has 2 rings (SSSR count). The lowest BCUT2D eigenvalue weighted by molar-refractivity contribution is -0.131. The highest BCUT2D eigenvalue weighted by Crippen LogP contribution is 2.23. The molecule has 1 heterocycles. The van der Waals surface area contributed by atoms with Crippen molar-refractivity contribution in [1.82, 2.24) is 9.47 Å². The molecule has 0 spiro atoms. The summed E-state index contributed by atoms with van der Waals surface area (Å²) >= 11 is 0. The second kappa shape index (κ2) is 6.12. The van der Waals surface area contributed by atoms with E-state index >= 15 is 0 Å². The van der Waals surface area contributed by atoms with Gasteiger partial charge in [-0.3, -0.25) is 9.59 Å². The summed E-state index contributed by atoms with van der Waals surface area (Å²) in [5.41, 5.74) is 2.73. The molecule has 2 aromatic rings. The average molecular weight is 286 g/mol. The van der Waals surface area contributed by atoms with Gasteiger partial charge in [-0.25, -0.2) is 0 Å². The van der Waals surface area contributed by atoms with Crippen LogP contribution < -0.4 is 0 Å². The van der Waals surface area contributed by atoms with Gasteiger partial charge in [0.25, 0.3) is 0 Å². The van der Waals surface area contributed by atoms with E-state index in [9.17, 15) is 9.59 Å². The fourth-order valence-electron chi connectivity index (χ4n) is 2.64. The summed E-state index contributed by atoms with van der Waals surface area (Å²) in [6.45, 7) is 9.18. The third-order valence-electron chi connectivity index (χ3n) is 3.84. The lowest BCUT2D eigenvalue weighted by atomic mass is 10.1. The largest absolute Gasteiger partial charge is 0.342 e. The highest BCUT2D eigenvalue weighted by Gasteiger charge is 2.16. The van der Waals surface area contributed by atoms with Gasteiger partial charge in [0.15, 0.2) is 5.78 Å². The van der Waals surface area contributed by atoms with E-state index in [2.05, 4.69) is 0 Å². The Kier molecular flexibility index (Phi) is 4.46. The van der Waals surface area contributed by atoms with Gasteiger partial charge >= 0.3 is 0 Å². The summed E-state index contributed by atoms with van der Waals surface area (Å²) in [6, 6.07) is 5.99. The summed E-state index contributed by atoms with van der Waals surface area (Å²) in [6.07, 6.45) is 1.80. The third-order valence-corrected chi connectivity index (χ3v) is 3.84. The number of hydrogen-bond donors (Lipinski definition) is 0. The number of Topliss-reactive ketones (excluding diaryl/α,β-unsaturated/α-hetero) is 1. The minimum Gasteiger partial charge on any atom is -0.342 e. The maximum Gasteiger partial charge on any atom is 0.242 e. The number of carbonyl (C=O) groups is 2. The standard InChI is InChI=1S/C17H22N2O2/c1-5-18(6-2)17(21)11-19-10-15(13(4)20)14-9-12(3)7-8-16(14)19/h7-10H,5-6,11H2,1-4H3. The Hall–Kier alpha value is -2.10. The quantitative estimate of drug-likeness (QED) is 0.793. The molecule has 0 atom stereocenters. The van der Waals surface area contributed by atoms with Crippen molar-refractivity contribution in [2.75, 3.05) is 13.1 Å². The number of fused-ring (bicyclic) bond motifs is 1. The monoisotopic (exact) mass is 286 g/mol. The molecule has 1 aromatic carbocycles. The summed E-state index contributed by atoms with van der Waals surface area (Å²) in [5, 5.41) is 0.926. The van der Waals surface area contributed by atoms with Gasteiger partial charge in [-0.2, -0.15) is 0 Å². The molecule has 21 heavy (non-hydrogen) atoms. The van der Waals surface area contributed by atoms with E-state index in [1.54, 1.807) is 18.0 Å². The number of amides is 1. The first-order valence-corrected chi connectivity index (χ1v) is 7.36. The van der Waals surface area contributed by atoms with E-state index in [0.717, 1.165) is 16.5 Å². The molecule has 1 aromatic heterocycles. The van der Waals surface area contributed by atoms with Crippen molar-refractivity contribution in [3.05, 3.63) is 35.5 Å². The van der Waals surface area contributed by atoms with Gasteiger partial charge in [0.05, 0.1) is 0 Å². The maximum atomic E-state index is 12.3. The second-order valence-corrected chi connectivity index (χ2v) is 5.31. The molecule has 0 aliphatic heterocycles. The Bertz CT molecular complexity index is 681. The van der Waals surface area contributed by atoms with E-state index < -0.39 is 0 Å². The SMILES string of the molecule is CCN(CC)C(=O)Cn1cc(C(C)=O)c2cc(C)ccc21. The fourth-order valence-corrected chi connectivity index (χ4v) is 2.64. The van der Waals surface area contributed by atoms with Crippen LogP contribution in [0.15, 0.2) is 24.4 Å². The Labute approximate surface area is 125 Å². The lowest BCUT2D eigenvalue weighted by Gasteiger charge is -2.19. The van der Waals surface area contributed by atoms with Gasteiger partial charge in [0, 0.05) is 35.8 Å². The van der Waals surface area contributed by atoms with Crippen LogP contribution in [0, 0.1) is 6.92 Å². The number of ketones is 1. The van der Waals surface area contributed by atoms with Gasteiger partial charge < -0.3 is 9.47 Å². The lowest BCUT2D eigenvalue weighted by Crippen LogP contribution is -2.33. The fraction of sp³-hybridized carbons (Fsp3) is 0.412. The molecular formula is C17H22N2O2. The molecule has 0 radical (unpaired) electrons. The molecule has 0 aliphatic rings. The van der Waals surface area contributed by atoms with Crippen molar-refractivity contribution in [2.45, 2.75) is 34.2 Å². The zero-order chi connectivity index (χ0) is 15.6. The summed E-state index contributed by atoms with van der Waals surface area (Å²) in [4.78, 5) is 25.9. The van der Waals surface area contributed by atoms with Crippen LogP contribution in [0.3, 0.4) is 0 Å². The summed E-state index contributed by atoms with van der Waals surface area (Å²) in [5.74, 6) is 0.104. The van der Waals surface area contributed by atoms with Crippen molar-refractivity contribution in [2.24, 2.45) is 0 Å². The number of aryl methyl sites for hydroxylation is 1.